The zero-order valence-electron chi connectivity index (χ0n) is 16.9. The van der Waals surface area contributed by atoms with Crippen LogP contribution in [-0.2, 0) is 11.2 Å². The monoisotopic (exact) mass is 393 g/mol. The van der Waals surface area contributed by atoms with Crippen molar-refractivity contribution in [3.63, 3.8) is 0 Å². The molecule has 2 aromatic carbocycles. The quantitative estimate of drug-likeness (QED) is 0.398. The normalized spacial score (nSPS) is 12.2. The van der Waals surface area contributed by atoms with Gasteiger partial charge in [0, 0.05) is 42.2 Å². The van der Waals surface area contributed by atoms with E-state index in [9.17, 15) is 14.9 Å². The van der Waals surface area contributed by atoms with Gasteiger partial charge in [0.15, 0.2) is 0 Å². The summed E-state index contributed by atoms with van der Waals surface area (Å²) in [6.45, 7) is 4.77. The number of benzene rings is 2. The topological polar surface area (TPSA) is 88.0 Å². The summed E-state index contributed by atoms with van der Waals surface area (Å²) in [5, 5.41) is 15.0. The Labute approximate surface area is 170 Å². The predicted molar refractivity (Wildman–Crippen MR) is 115 cm³/mol. The molecule has 152 valence electrons. The highest BCUT2D eigenvalue weighted by atomic mass is 16.6. The molecule has 3 rings (SSSR count). The highest BCUT2D eigenvalue weighted by Gasteiger charge is 2.21. The van der Waals surface area contributed by atoms with Crippen LogP contribution in [0.2, 0.25) is 0 Å². The van der Waals surface area contributed by atoms with Crippen LogP contribution in [-0.4, -0.2) is 22.4 Å². The lowest BCUT2D eigenvalue weighted by atomic mass is 9.89. The Morgan fingerprint density at radius 2 is 1.93 bits per heavy atom. The molecule has 0 radical (unpaired) electrons. The first kappa shape index (κ1) is 20.6. The van der Waals surface area contributed by atoms with Crippen LogP contribution in [0.15, 0.2) is 54.7 Å². The number of nitrogens with zero attached hydrogens (tertiary/aromatic N) is 1. The van der Waals surface area contributed by atoms with Gasteiger partial charge in [-0.1, -0.05) is 44.2 Å². The van der Waals surface area contributed by atoms with Crippen molar-refractivity contribution in [2.24, 2.45) is 5.92 Å². The highest BCUT2D eigenvalue weighted by molar-refractivity contribution is 5.87. The van der Waals surface area contributed by atoms with Gasteiger partial charge in [-0.25, -0.2) is 0 Å². The number of nitro groups is 1. The molecule has 1 atom stereocenters. The number of H-pyrrole nitrogens is 1. The minimum absolute atomic E-state index is 0.0107. The van der Waals surface area contributed by atoms with Crippen molar-refractivity contribution >= 4 is 22.5 Å². The Morgan fingerprint density at radius 1 is 1.17 bits per heavy atom. The van der Waals surface area contributed by atoms with Crippen LogP contribution in [0.1, 0.15) is 43.7 Å². The molecular weight excluding hydrogens is 366 g/mol. The van der Waals surface area contributed by atoms with Gasteiger partial charge >= 0.3 is 0 Å². The number of hydrogen-bond acceptors (Lipinski definition) is 3. The second kappa shape index (κ2) is 9.37. The van der Waals surface area contributed by atoms with Crippen LogP contribution >= 0.6 is 0 Å². The molecule has 0 saturated heterocycles. The fourth-order valence-electron chi connectivity index (χ4n) is 3.55. The first-order chi connectivity index (χ1) is 13.9. The number of fused-ring (bicyclic) bond motifs is 1. The van der Waals surface area contributed by atoms with Crippen LogP contribution < -0.4 is 5.32 Å². The van der Waals surface area contributed by atoms with Gasteiger partial charge in [0.05, 0.1) is 4.92 Å². The molecule has 2 N–H and O–H groups in total. The first-order valence-electron chi connectivity index (χ1n) is 10.00. The van der Waals surface area contributed by atoms with E-state index in [4.69, 9.17) is 0 Å². The number of hydrogen-bond donors (Lipinski definition) is 2. The smallest absolute Gasteiger partial charge is 0.270 e. The SMILES string of the molecule is CC(C)CNC(=O)C[C@H](CCc1ccccc1)c1c[nH]c2ccc([N+](=O)[O-])cc12. The fraction of sp³-hybridized carbons (Fsp3) is 0.348. The fourth-order valence-corrected chi connectivity index (χ4v) is 3.55. The zero-order valence-corrected chi connectivity index (χ0v) is 16.9. The molecule has 29 heavy (non-hydrogen) atoms. The number of carbonyl (C=O) groups is 1. The Kier molecular flexibility index (Phi) is 6.65. The second-order valence-corrected chi connectivity index (χ2v) is 7.85. The molecule has 1 aromatic heterocycles. The summed E-state index contributed by atoms with van der Waals surface area (Å²) in [4.78, 5) is 26.6. The van der Waals surface area contributed by atoms with Gasteiger partial charge in [-0.15, -0.1) is 0 Å². The number of carbonyl (C=O) groups excluding carboxylic acids is 1. The van der Waals surface area contributed by atoms with Crippen molar-refractivity contribution < 1.29 is 9.72 Å². The van der Waals surface area contributed by atoms with Crippen LogP contribution in [0.4, 0.5) is 5.69 Å². The number of aromatic amines is 1. The maximum atomic E-state index is 12.5. The molecule has 6 heteroatoms. The summed E-state index contributed by atoms with van der Waals surface area (Å²) in [5.41, 5.74) is 3.08. The van der Waals surface area contributed by atoms with Crippen LogP contribution in [0.5, 0.6) is 0 Å². The van der Waals surface area contributed by atoms with Crippen LogP contribution in [0.3, 0.4) is 0 Å². The lowest BCUT2D eigenvalue weighted by Gasteiger charge is -2.17. The lowest BCUT2D eigenvalue weighted by Crippen LogP contribution is -2.28. The number of nitro benzene ring substituents is 1. The van der Waals surface area contributed by atoms with E-state index in [0.29, 0.717) is 18.9 Å². The van der Waals surface area contributed by atoms with Gasteiger partial charge in [0.2, 0.25) is 5.91 Å². The molecule has 0 spiro atoms. The molecule has 0 unspecified atom stereocenters. The highest BCUT2D eigenvalue weighted by Crippen LogP contribution is 2.33. The third kappa shape index (κ3) is 5.44. The Balaban J connectivity index is 1.87. The van der Waals surface area contributed by atoms with E-state index in [0.717, 1.165) is 29.3 Å². The standard InChI is InChI=1S/C23H27N3O3/c1-16(2)14-25-23(27)12-18(9-8-17-6-4-3-5-7-17)21-15-24-22-11-10-19(26(28)29)13-20(21)22/h3-7,10-11,13,15-16,18,24H,8-9,12,14H2,1-2H3,(H,25,27)/t18-/m0/s1. The van der Waals surface area contributed by atoms with Gasteiger partial charge in [0.1, 0.15) is 0 Å². The summed E-state index contributed by atoms with van der Waals surface area (Å²) in [6, 6.07) is 15.0. The number of non-ortho nitro benzene ring substituents is 1. The van der Waals surface area contributed by atoms with Crippen molar-refractivity contribution in [2.45, 2.75) is 39.0 Å². The average Bonchev–Trinajstić information content (AvgIpc) is 3.13. The number of rotatable bonds is 9. The number of aromatic nitrogens is 1. The Bertz CT molecular complexity index is 979. The molecule has 0 bridgehead atoms. The largest absolute Gasteiger partial charge is 0.361 e. The van der Waals surface area contributed by atoms with Crippen molar-refractivity contribution in [1.82, 2.24) is 10.3 Å². The minimum atomic E-state index is -0.384. The summed E-state index contributed by atoms with van der Waals surface area (Å²) >= 11 is 0. The molecule has 1 amide bonds. The van der Waals surface area contributed by atoms with E-state index in [1.165, 1.54) is 11.6 Å². The third-order valence-electron chi connectivity index (χ3n) is 5.11. The summed E-state index contributed by atoms with van der Waals surface area (Å²) in [6.07, 6.45) is 3.87. The van der Waals surface area contributed by atoms with Crippen molar-refractivity contribution in [1.29, 1.82) is 0 Å². The zero-order chi connectivity index (χ0) is 20.8. The van der Waals surface area contributed by atoms with Gasteiger partial charge in [-0.3, -0.25) is 14.9 Å². The Morgan fingerprint density at radius 3 is 2.62 bits per heavy atom. The van der Waals surface area contributed by atoms with E-state index < -0.39 is 0 Å². The molecule has 1 heterocycles. The first-order valence-corrected chi connectivity index (χ1v) is 10.00. The molecule has 3 aromatic rings. The van der Waals surface area contributed by atoms with Gasteiger partial charge in [-0.05, 0) is 41.9 Å². The minimum Gasteiger partial charge on any atom is -0.361 e. The van der Waals surface area contributed by atoms with E-state index in [1.54, 1.807) is 12.1 Å². The molecule has 0 saturated carbocycles. The maximum Gasteiger partial charge on any atom is 0.270 e. The maximum absolute atomic E-state index is 12.5. The van der Waals surface area contributed by atoms with Crippen LogP contribution in [0, 0.1) is 16.0 Å². The van der Waals surface area contributed by atoms with Crippen molar-refractivity contribution in [2.75, 3.05) is 6.54 Å². The van der Waals surface area contributed by atoms with Gasteiger partial charge < -0.3 is 10.3 Å². The van der Waals surface area contributed by atoms with E-state index in [-0.39, 0.29) is 22.4 Å². The summed E-state index contributed by atoms with van der Waals surface area (Å²) in [7, 11) is 0. The van der Waals surface area contributed by atoms with Crippen molar-refractivity contribution in [3.05, 3.63) is 76.0 Å². The van der Waals surface area contributed by atoms with Crippen molar-refractivity contribution in [3.8, 4) is 0 Å². The third-order valence-corrected chi connectivity index (χ3v) is 5.11. The summed E-state index contributed by atoms with van der Waals surface area (Å²) in [5.74, 6) is 0.368. The molecule has 0 aliphatic rings. The van der Waals surface area contributed by atoms with E-state index >= 15 is 0 Å². The molecule has 0 aliphatic heterocycles. The molecule has 0 aliphatic carbocycles. The number of nitrogens with one attached hydrogen (secondary N) is 2. The predicted octanol–water partition coefficient (Wildman–Crippen LogP) is 4.95. The van der Waals surface area contributed by atoms with Crippen LogP contribution in [0.25, 0.3) is 10.9 Å². The molecule has 6 nitrogen and oxygen atoms in total. The average molecular weight is 393 g/mol. The summed E-state index contributed by atoms with van der Waals surface area (Å²) < 4.78 is 0. The second-order valence-electron chi connectivity index (χ2n) is 7.85. The molecule has 0 fully saturated rings. The number of amides is 1. The molecular formula is C23H27N3O3. The van der Waals surface area contributed by atoms with Gasteiger partial charge in [0.25, 0.3) is 5.69 Å². The van der Waals surface area contributed by atoms with E-state index in [2.05, 4.69) is 36.3 Å². The lowest BCUT2D eigenvalue weighted by molar-refractivity contribution is -0.384. The van der Waals surface area contributed by atoms with E-state index in [1.807, 2.05) is 24.4 Å². The number of aryl methyl sites for hydroxylation is 1. The Hall–Kier alpha value is -3.15. The van der Waals surface area contributed by atoms with Gasteiger partial charge in [-0.2, -0.15) is 0 Å².